The Morgan fingerprint density at radius 3 is 2.35 bits per heavy atom. The summed E-state index contributed by atoms with van der Waals surface area (Å²) in [6.45, 7) is 4.67. The lowest BCUT2D eigenvalue weighted by Crippen LogP contribution is -2.34. The number of halogens is 1. The number of amides is 1. The van der Waals surface area contributed by atoms with E-state index in [2.05, 4.69) is 5.32 Å². The number of ether oxygens (including phenoxy) is 2. The van der Waals surface area contributed by atoms with Crippen LogP contribution in [0.4, 0.5) is 5.69 Å². The van der Waals surface area contributed by atoms with Crippen LogP contribution in [-0.4, -0.2) is 25.2 Å². The summed E-state index contributed by atoms with van der Waals surface area (Å²) in [7, 11) is 0. The summed E-state index contributed by atoms with van der Waals surface area (Å²) >= 11 is 1.57. The smallest absolute Gasteiger partial charge is 0.228 e. The molecule has 2 atom stereocenters. The van der Waals surface area contributed by atoms with E-state index in [0.717, 1.165) is 9.79 Å². The van der Waals surface area contributed by atoms with E-state index in [9.17, 15) is 4.79 Å². The molecular formula is C19H23ClN2O3S. The van der Waals surface area contributed by atoms with Gasteiger partial charge in [0.15, 0.2) is 11.5 Å². The molecule has 0 bridgehead atoms. The van der Waals surface area contributed by atoms with Gasteiger partial charge >= 0.3 is 0 Å². The van der Waals surface area contributed by atoms with E-state index >= 15 is 0 Å². The molecule has 3 N–H and O–H groups in total. The summed E-state index contributed by atoms with van der Waals surface area (Å²) < 4.78 is 11.3. The van der Waals surface area contributed by atoms with E-state index < -0.39 is 0 Å². The Morgan fingerprint density at radius 2 is 1.73 bits per heavy atom. The van der Waals surface area contributed by atoms with Crippen molar-refractivity contribution in [1.29, 1.82) is 0 Å². The Labute approximate surface area is 164 Å². The molecule has 1 aliphatic rings. The molecule has 2 aromatic carbocycles. The van der Waals surface area contributed by atoms with Crippen molar-refractivity contribution >= 4 is 35.8 Å². The minimum atomic E-state index is -0.289. The lowest BCUT2D eigenvalue weighted by molar-refractivity contribution is -0.119. The van der Waals surface area contributed by atoms with E-state index in [1.807, 2.05) is 56.3 Å². The molecule has 1 aliphatic heterocycles. The second-order valence-electron chi connectivity index (χ2n) is 6.04. The summed E-state index contributed by atoms with van der Waals surface area (Å²) in [5.74, 6) is 0.944. The third kappa shape index (κ3) is 4.84. The van der Waals surface area contributed by atoms with Crippen molar-refractivity contribution in [2.75, 3.05) is 18.5 Å². The number of nitrogens with one attached hydrogen (secondary N) is 1. The van der Waals surface area contributed by atoms with Gasteiger partial charge in [0.05, 0.1) is 11.6 Å². The highest BCUT2D eigenvalue weighted by Gasteiger charge is 2.21. The molecule has 3 rings (SSSR count). The minimum Gasteiger partial charge on any atom is -0.486 e. The van der Waals surface area contributed by atoms with Crippen LogP contribution in [0.3, 0.4) is 0 Å². The molecular weight excluding hydrogens is 372 g/mol. The summed E-state index contributed by atoms with van der Waals surface area (Å²) in [6, 6.07) is 13.5. The fourth-order valence-corrected chi connectivity index (χ4v) is 3.29. The van der Waals surface area contributed by atoms with Crippen LogP contribution >= 0.6 is 24.2 Å². The number of anilines is 1. The zero-order valence-corrected chi connectivity index (χ0v) is 16.4. The molecule has 1 heterocycles. The van der Waals surface area contributed by atoms with Gasteiger partial charge in [-0.05, 0) is 19.1 Å². The first kappa shape index (κ1) is 20.4. The van der Waals surface area contributed by atoms with Gasteiger partial charge in [0, 0.05) is 28.0 Å². The maximum atomic E-state index is 12.5. The SMILES string of the molecule is CC(N)C(C)C(=O)Nc1cc2c(cc1Sc1ccccc1)OCCO2.Cl. The molecule has 0 aromatic heterocycles. The van der Waals surface area contributed by atoms with E-state index in [4.69, 9.17) is 15.2 Å². The third-order valence-electron chi connectivity index (χ3n) is 4.08. The fraction of sp³-hybridized carbons (Fsp3) is 0.316. The van der Waals surface area contributed by atoms with Crippen LogP contribution in [0.25, 0.3) is 0 Å². The Morgan fingerprint density at radius 1 is 1.12 bits per heavy atom. The zero-order valence-electron chi connectivity index (χ0n) is 14.7. The standard InChI is InChI=1S/C19H22N2O3S.ClH/c1-12(13(2)20)19(22)21-15-10-16-17(24-9-8-23-16)11-18(15)25-14-6-4-3-5-7-14;/h3-7,10-13H,8-9,20H2,1-2H3,(H,21,22);1H. The van der Waals surface area contributed by atoms with Crippen LogP contribution in [0.15, 0.2) is 52.3 Å². The third-order valence-corrected chi connectivity index (χ3v) is 5.14. The van der Waals surface area contributed by atoms with Crippen molar-refractivity contribution in [3.05, 3.63) is 42.5 Å². The van der Waals surface area contributed by atoms with Crippen molar-refractivity contribution in [3.63, 3.8) is 0 Å². The van der Waals surface area contributed by atoms with Gasteiger partial charge in [-0.1, -0.05) is 36.9 Å². The van der Waals surface area contributed by atoms with Crippen LogP contribution in [0, 0.1) is 5.92 Å². The van der Waals surface area contributed by atoms with Gasteiger partial charge in [-0.2, -0.15) is 0 Å². The second kappa shape index (κ2) is 9.16. The van der Waals surface area contributed by atoms with Gasteiger partial charge in [-0.25, -0.2) is 0 Å². The Kier molecular flexibility index (Phi) is 7.20. The number of hydrogen-bond acceptors (Lipinski definition) is 5. The van der Waals surface area contributed by atoms with E-state index in [-0.39, 0.29) is 30.3 Å². The van der Waals surface area contributed by atoms with Crippen molar-refractivity contribution < 1.29 is 14.3 Å². The van der Waals surface area contributed by atoms with Crippen LogP contribution in [0.5, 0.6) is 11.5 Å². The van der Waals surface area contributed by atoms with Gasteiger partial charge < -0.3 is 20.5 Å². The molecule has 0 saturated heterocycles. The highest BCUT2D eigenvalue weighted by molar-refractivity contribution is 7.99. The molecule has 0 radical (unpaired) electrons. The largest absolute Gasteiger partial charge is 0.486 e. The van der Waals surface area contributed by atoms with Gasteiger partial charge in [0.2, 0.25) is 5.91 Å². The highest BCUT2D eigenvalue weighted by Crippen LogP contribution is 2.42. The van der Waals surface area contributed by atoms with Crippen molar-refractivity contribution in [2.45, 2.75) is 29.7 Å². The van der Waals surface area contributed by atoms with E-state index in [1.54, 1.807) is 11.8 Å². The summed E-state index contributed by atoms with van der Waals surface area (Å²) in [5.41, 5.74) is 6.56. The number of benzene rings is 2. The van der Waals surface area contributed by atoms with Crippen molar-refractivity contribution in [1.82, 2.24) is 0 Å². The van der Waals surface area contributed by atoms with Gasteiger partial charge in [-0.15, -0.1) is 12.4 Å². The maximum absolute atomic E-state index is 12.5. The molecule has 5 nitrogen and oxygen atoms in total. The topological polar surface area (TPSA) is 73.6 Å². The molecule has 2 aromatic rings. The first-order chi connectivity index (χ1) is 12.0. The molecule has 0 fully saturated rings. The Bertz CT molecular complexity index is 756. The number of carbonyl (C=O) groups is 1. The Hall–Kier alpha value is -1.89. The van der Waals surface area contributed by atoms with E-state index in [1.165, 1.54) is 0 Å². The number of carbonyl (C=O) groups excluding carboxylic acids is 1. The quantitative estimate of drug-likeness (QED) is 0.803. The van der Waals surface area contributed by atoms with Crippen LogP contribution < -0.4 is 20.5 Å². The number of hydrogen-bond donors (Lipinski definition) is 2. The van der Waals surface area contributed by atoms with Crippen LogP contribution in [-0.2, 0) is 4.79 Å². The zero-order chi connectivity index (χ0) is 17.8. The van der Waals surface area contributed by atoms with Crippen LogP contribution in [0.2, 0.25) is 0 Å². The predicted molar refractivity (Wildman–Crippen MR) is 107 cm³/mol. The molecule has 7 heteroatoms. The summed E-state index contributed by atoms with van der Waals surface area (Å²) in [4.78, 5) is 14.4. The van der Waals surface area contributed by atoms with Gasteiger partial charge in [0.1, 0.15) is 13.2 Å². The Balaban J connectivity index is 0.00000243. The molecule has 0 aliphatic carbocycles. The summed E-state index contributed by atoms with van der Waals surface area (Å²) in [6.07, 6.45) is 0. The molecule has 2 unspecified atom stereocenters. The van der Waals surface area contributed by atoms with Gasteiger partial charge in [-0.3, -0.25) is 4.79 Å². The monoisotopic (exact) mass is 394 g/mol. The first-order valence-corrected chi connectivity index (χ1v) is 9.09. The molecule has 26 heavy (non-hydrogen) atoms. The highest BCUT2D eigenvalue weighted by atomic mass is 35.5. The first-order valence-electron chi connectivity index (χ1n) is 8.27. The lowest BCUT2D eigenvalue weighted by Gasteiger charge is -2.22. The number of rotatable bonds is 5. The minimum absolute atomic E-state index is 0. The predicted octanol–water partition coefficient (Wildman–Crippen LogP) is 3.95. The maximum Gasteiger partial charge on any atom is 0.228 e. The second-order valence-corrected chi connectivity index (χ2v) is 7.16. The molecule has 0 saturated carbocycles. The normalized spacial score (nSPS) is 14.7. The number of fused-ring (bicyclic) bond motifs is 1. The average Bonchev–Trinajstić information content (AvgIpc) is 2.62. The number of nitrogens with two attached hydrogens (primary N) is 1. The molecule has 0 spiro atoms. The fourth-order valence-electron chi connectivity index (χ4n) is 2.35. The van der Waals surface area contributed by atoms with Gasteiger partial charge in [0.25, 0.3) is 0 Å². The van der Waals surface area contributed by atoms with Crippen molar-refractivity contribution in [2.24, 2.45) is 11.7 Å². The lowest BCUT2D eigenvalue weighted by atomic mass is 10.0. The summed E-state index contributed by atoms with van der Waals surface area (Å²) in [5, 5.41) is 2.99. The molecule has 140 valence electrons. The molecule has 1 amide bonds. The average molecular weight is 395 g/mol. The van der Waals surface area contributed by atoms with Crippen molar-refractivity contribution in [3.8, 4) is 11.5 Å². The van der Waals surface area contributed by atoms with Crippen LogP contribution in [0.1, 0.15) is 13.8 Å². The van der Waals surface area contributed by atoms with E-state index in [0.29, 0.717) is 30.4 Å².